The minimum Gasteiger partial charge on any atom is -0.507 e. The number of carbonyl (C=O) groups excluding carboxylic acids is 4. The minimum atomic E-state index is -0.999. The van der Waals surface area contributed by atoms with Gasteiger partial charge in [0.15, 0.2) is 5.78 Å². The number of nitrogens with one attached hydrogen (secondary N) is 2. The van der Waals surface area contributed by atoms with Crippen LogP contribution < -0.4 is 10.6 Å². The maximum Gasteiger partial charge on any atom is 0.259 e. The van der Waals surface area contributed by atoms with E-state index in [0.717, 1.165) is 19.3 Å². The van der Waals surface area contributed by atoms with Crippen LogP contribution in [0.1, 0.15) is 58.8 Å². The van der Waals surface area contributed by atoms with E-state index in [2.05, 4.69) is 24.5 Å². The van der Waals surface area contributed by atoms with Crippen molar-refractivity contribution in [1.29, 1.82) is 0 Å². The summed E-state index contributed by atoms with van der Waals surface area (Å²) in [6, 6.07) is -0.726. The summed E-state index contributed by atoms with van der Waals surface area (Å²) in [4.78, 5) is 51.2. The predicted octanol–water partition coefficient (Wildman–Crippen LogP) is 2.53. The van der Waals surface area contributed by atoms with Gasteiger partial charge in [0.2, 0.25) is 5.91 Å². The zero-order chi connectivity index (χ0) is 26.5. The van der Waals surface area contributed by atoms with Crippen molar-refractivity contribution in [2.45, 2.75) is 70.4 Å². The summed E-state index contributed by atoms with van der Waals surface area (Å²) in [6.07, 6.45) is 10.8. The highest BCUT2D eigenvalue weighted by Crippen LogP contribution is 2.63. The molecule has 4 fully saturated rings. The lowest BCUT2D eigenvalue weighted by molar-refractivity contribution is -0.145. The summed E-state index contributed by atoms with van der Waals surface area (Å²) in [5, 5.41) is 28.1. The molecule has 0 radical (unpaired) electrons. The van der Waals surface area contributed by atoms with E-state index < -0.39 is 29.3 Å². The van der Waals surface area contributed by atoms with E-state index >= 15 is 0 Å². The first-order chi connectivity index (χ1) is 17.7. The molecular formula is C29H38N2O6. The van der Waals surface area contributed by atoms with Crippen LogP contribution in [0.4, 0.5) is 0 Å². The van der Waals surface area contributed by atoms with Gasteiger partial charge < -0.3 is 20.8 Å². The van der Waals surface area contributed by atoms with Crippen LogP contribution in [0, 0.1) is 41.4 Å². The van der Waals surface area contributed by atoms with Gasteiger partial charge in [-0.2, -0.15) is 0 Å². The zero-order valence-corrected chi connectivity index (χ0v) is 21.6. The Hall–Kier alpha value is -2.74. The minimum absolute atomic E-state index is 0.0172. The molecule has 0 spiro atoms. The molecule has 0 aromatic rings. The average Bonchev–Trinajstić information content (AvgIpc) is 3.41. The van der Waals surface area contributed by atoms with Crippen LogP contribution in [0.3, 0.4) is 0 Å². The molecule has 4 N–H and O–H groups in total. The second-order valence-corrected chi connectivity index (χ2v) is 11.7. The van der Waals surface area contributed by atoms with E-state index in [0.29, 0.717) is 31.7 Å². The van der Waals surface area contributed by atoms with Gasteiger partial charge in [-0.25, -0.2) is 0 Å². The van der Waals surface area contributed by atoms with Crippen molar-refractivity contribution in [3.8, 4) is 0 Å². The molecule has 8 nitrogen and oxygen atoms in total. The number of aliphatic hydroxyl groups is 2. The smallest absolute Gasteiger partial charge is 0.259 e. The highest BCUT2D eigenvalue weighted by atomic mass is 16.3. The number of Topliss-reactive ketones (excluding diaryl/α,β-unsaturated/α-hetero) is 2. The highest BCUT2D eigenvalue weighted by Gasteiger charge is 2.66. The van der Waals surface area contributed by atoms with Crippen molar-refractivity contribution >= 4 is 23.4 Å². The molecule has 8 heteroatoms. The van der Waals surface area contributed by atoms with Crippen molar-refractivity contribution < 1.29 is 29.4 Å². The molecule has 2 amide bonds. The van der Waals surface area contributed by atoms with E-state index in [1.807, 2.05) is 6.08 Å². The van der Waals surface area contributed by atoms with Gasteiger partial charge in [0, 0.05) is 13.0 Å². The number of hydrogen-bond donors (Lipinski definition) is 4. The molecule has 9 atom stereocenters. The van der Waals surface area contributed by atoms with Gasteiger partial charge in [0.05, 0.1) is 17.6 Å². The number of ketones is 2. The summed E-state index contributed by atoms with van der Waals surface area (Å²) in [6.45, 7) is 4.59. The largest absolute Gasteiger partial charge is 0.507 e. The third kappa shape index (κ3) is 4.27. The fraction of sp³-hybridized carbons (Fsp3) is 0.655. The Morgan fingerprint density at radius 3 is 2.65 bits per heavy atom. The summed E-state index contributed by atoms with van der Waals surface area (Å²) in [7, 11) is 0. The molecule has 2 bridgehead atoms. The molecule has 5 aliphatic rings. The Labute approximate surface area is 217 Å². The normalized spacial score (nSPS) is 44.1. The molecule has 3 aliphatic carbocycles. The molecule has 2 heterocycles. The summed E-state index contributed by atoms with van der Waals surface area (Å²) in [5.74, 6) is -1.80. The van der Waals surface area contributed by atoms with Gasteiger partial charge in [-0.15, -0.1) is 0 Å². The van der Waals surface area contributed by atoms with Crippen LogP contribution >= 0.6 is 0 Å². The molecule has 2 aliphatic heterocycles. The Kier molecular flexibility index (Phi) is 6.90. The standard InChI is InChI=1S/C29H38N2O6/c1-3-16-12-18-14-20-19-6-4-8-24(34)30-11-5-7-21-27(35)25(28(36)31-21)22(32)10-9-17(19)13-23(33)26(20)29(18,37)15(16)2/h4,8-10,15-21,26,32,37H,3,5-7,11-14H2,1-2H3,(H,30,34)(H,31,36)/b8-4-,10-9+,25-22?/t15-,16?,17+,18+,19-,20+,21+,26-,29-/m1/s1. The number of allylic oxidation sites excluding steroid dienone is 3. The number of hydrogen-bond acceptors (Lipinski definition) is 6. The topological polar surface area (TPSA) is 133 Å². The van der Waals surface area contributed by atoms with Gasteiger partial charge in [-0.1, -0.05) is 32.4 Å². The molecule has 37 heavy (non-hydrogen) atoms. The van der Waals surface area contributed by atoms with Crippen molar-refractivity contribution in [3.63, 3.8) is 0 Å². The molecule has 1 unspecified atom stereocenters. The van der Waals surface area contributed by atoms with Gasteiger partial charge in [-0.05, 0) is 79.8 Å². The van der Waals surface area contributed by atoms with E-state index in [1.54, 1.807) is 6.08 Å². The molecule has 200 valence electrons. The number of rotatable bonds is 1. The van der Waals surface area contributed by atoms with Gasteiger partial charge in [-0.3, -0.25) is 19.2 Å². The molecule has 1 saturated heterocycles. The lowest BCUT2D eigenvalue weighted by Crippen LogP contribution is -2.51. The van der Waals surface area contributed by atoms with E-state index in [-0.39, 0.29) is 59.0 Å². The van der Waals surface area contributed by atoms with Crippen molar-refractivity contribution in [3.05, 3.63) is 35.6 Å². The number of aliphatic hydroxyl groups excluding tert-OH is 1. The van der Waals surface area contributed by atoms with Crippen molar-refractivity contribution in [2.75, 3.05) is 6.54 Å². The third-order valence-electron chi connectivity index (χ3n) is 10.1. The fourth-order valence-corrected chi connectivity index (χ4v) is 8.20. The Morgan fingerprint density at radius 2 is 1.89 bits per heavy atom. The van der Waals surface area contributed by atoms with Gasteiger partial charge >= 0.3 is 0 Å². The second-order valence-electron chi connectivity index (χ2n) is 11.7. The number of fused-ring (bicyclic) bond motifs is 7. The first-order valence-corrected chi connectivity index (χ1v) is 13.8. The quantitative estimate of drug-likeness (QED) is 0.401. The van der Waals surface area contributed by atoms with Crippen LogP contribution in [0.5, 0.6) is 0 Å². The van der Waals surface area contributed by atoms with Crippen molar-refractivity contribution in [1.82, 2.24) is 10.6 Å². The summed E-state index contributed by atoms with van der Waals surface area (Å²) in [5.41, 5.74) is -1.25. The lowest BCUT2D eigenvalue weighted by Gasteiger charge is -2.44. The van der Waals surface area contributed by atoms with Crippen LogP contribution in [0.25, 0.3) is 0 Å². The highest BCUT2D eigenvalue weighted by molar-refractivity contribution is 6.27. The Morgan fingerprint density at radius 1 is 1.11 bits per heavy atom. The van der Waals surface area contributed by atoms with E-state index in [1.165, 1.54) is 12.2 Å². The molecular weight excluding hydrogens is 472 g/mol. The van der Waals surface area contributed by atoms with Crippen LogP contribution in [0.2, 0.25) is 0 Å². The Balaban J connectivity index is 1.49. The fourth-order valence-electron chi connectivity index (χ4n) is 8.20. The molecule has 0 aromatic carbocycles. The number of carbonyl (C=O) groups is 4. The maximum absolute atomic E-state index is 13.6. The second kappa shape index (κ2) is 9.86. The van der Waals surface area contributed by atoms with E-state index in [4.69, 9.17) is 0 Å². The predicted molar refractivity (Wildman–Crippen MR) is 136 cm³/mol. The monoisotopic (exact) mass is 510 g/mol. The third-order valence-corrected chi connectivity index (χ3v) is 10.1. The summed E-state index contributed by atoms with van der Waals surface area (Å²) >= 11 is 0. The Bertz CT molecular complexity index is 1090. The SMILES string of the molecule is CCC1C[C@H]2C[C@H]3[C@@H]4C/C=C\C(=O)NCCC[C@@H]5NC(=O)C(=C(O)/C=C/[C@H]4CC(=O)[C@@H]3[C@@]2(O)[C@@H]1C)C5=O. The van der Waals surface area contributed by atoms with Gasteiger partial charge in [0.1, 0.15) is 17.1 Å². The van der Waals surface area contributed by atoms with Crippen LogP contribution in [-0.2, 0) is 19.2 Å². The molecule has 0 aromatic heterocycles. The van der Waals surface area contributed by atoms with Crippen molar-refractivity contribution in [2.24, 2.45) is 41.4 Å². The average molecular weight is 511 g/mol. The first kappa shape index (κ1) is 25.9. The van der Waals surface area contributed by atoms with Crippen LogP contribution in [-0.4, -0.2) is 51.8 Å². The van der Waals surface area contributed by atoms with Crippen LogP contribution in [0.15, 0.2) is 35.6 Å². The summed E-state index contributed by atoms with van der Waals surface area (Å²) < 4.78 is 0. The first-order valence-electron chi connectivity index (χ1n) is 13.8. The maximum atomic E-state index is 13.6. The lowest BCUT2D eigenvalue weighted by atomic mass is 9.61. The number of amides is 2. The van der Waals surface area contributed by atoms with E-state index in [9.17, 15) is 29.4 Å². The molecule has 5 rings (SSSR count). The molecule has 3 saturated carbocycles. The van der Waals surface area contributed by atoms with Gasteiger partial charge in [0.25, 0.3) is 5.91 Å². The zero-order valence-electron chi connectivity index (χ0n) is 21.6.